The molecule has 2 aromatic rings. The number of aliphatic carboxylic acids is 1. The van der Waals surface area contributed by atoms with Gasteiger partial charge in [0.2, 0.25) is 0 Å². The summed E-state index contributed by atoms with van der Waals surface area (Å²) in [6, 6.07) is 13.8. The van der Waals surface area contributed by atoms with Crippen molar-refractivity contribution in [1.82, 2.24) is 4.90 Å². The van der Waals surface area contributed by atoms with E-state index >= 15 is 0 Å². The highest BCUT2D eigenvalue weighted by molar-refractivity contribution is 14.1. The Morgan fingerprint density at radius 3 is 2.68 bits per heavy atom. The molecule has 3 rings (SSSR count). The molecule has 0 bridgehead atoms. The molecule has 1 aliphatic rings. The molecular formula is C19H12INO5S2. The van der Waals surface area contributed by atoms with E-state index in [1.165, 1.54) is 0 Å². The van der Waals surface area contributed by atoms with Gasteiger partial charge in [0.15, 0.2) is 0 Å². The van der Waals surface area contributed by atoms with Crippen molar-refractivity contribution in [3.8, 4) is 5.75 Å². The fraction of sp³-hybridized carbons (Fsp3) is 0.0526. The molecule has 1 heterocycles. The molecule has 1 aliphatic heterocycles. The summed E-state index contributed by atoms with van der Waals surface area (Å²) < 4.78 is 6.40. The number of nitrogens with zero attached hydrogens (tertiary/aromatic N) is 1. The Balaban J connectivity index is 1.79. The van der Waals surface area contributed by atoms with Gasteiger partial charge in [0, 0.05) is 3.57 Å². The number of hydrogen-bond acceptors (Lipinski definition) is 6. The van der Waals surface area contributed by atoms with Crippen molar-refractivity contribution in [2.75, 3.05) is 6.54 Å². The lowest BCUT2D eigenvalue weighted by atomic mass is 10.2. The molecule has 1 amide bonds. The quantitative estimate of drug-likeness (QED) is 0.209. The van der Waals surface area contributed by atoms with Crippen LogP contribution in [-0.4, -0.2) is 38.7 Å². The van der Waals surface area contributed by atoms with Crippen molar-refractivity contribution in [2.45, 2.75) is 0 Å². The van der Waals surface area contributed by atoms with Gasteiger partial charge in [0.05, 0.1) is 10.5 Å². The van der Waals surface area contributed by atoms with Gasteiger partial charge in [-0.05, 0) is 58.5 Å². The number of carboxylic acid groups (broad SMARTS) is 1. The van der Waals surface area contributed by atoms with Gasteiger partial charge in [0.1, 0.15) is 16.6 Å². The van der Waals surface area contributed by atoms with Crippen LogP contribution in [0.4, 0.5) is 0 Å². The SMILES string of the molecule is O=C(O)CN1C(=O)/C(=C\c2cccc(OC(=O)c3ccccc3I)c2)SC1=S. The number of hydrogen-bond donors (Lipinski definition) is 1. The average molecular weight is 525 g/mol. The molecule has 0 saturated carbocycles. The zero-order valence-corrected chi connectivity index (χ0v) is 17.9. The fourth-order valence-electron chi connectivity index (χ4n) is 2.38. The van der Waals surface area contributed by atoms with E-state index in [1.807, 2.05) is 12.1 Å². The van der Waals surface area contributed by atoms with Crippen LogP contribution in [0.5, 0.6) is 5.75 Å². The van der Waals surface area contributed by atoms with E-state index in [4.69, 9.17) is 22.1 Å². The van der Waals surface area contributed by atoms with Gasteiger partial charge in [-0.2, -0.15) is 0 Å². The molecule has 28 heavy (non-hydrogen) atoms. The molecule has 0 aliphatic carbocycles. The Morgan fingerprint density at radius 1 is 1.21 bits per heavy atom. The van der Waals surface area contributed by atoms with Crippen LogP contribution >= 0.6 is 46.6 Å². The minimum Gasteiger partial charge on any atom is -0.480 e. The molecule has 1 N–H and O–H groups in total. The first-order chi connectivity index (χ1) is 13.3. The number of thiocarbonyl (C=S) groups is 1. The van der Waals surface area contributed by atoms with Crippen LogP contribution < -0.4 is 4.74 Å². The van der Waals surface area contributed by atoms with Crippen LogP contribution in [0.2, 0.25) is 0 Å². The van der Waals surface area contributed by atoms with Gasteiger partial charge in [-0.15, -0.1) is 0 Å². The van der Waals surface area contributed by atoms with Crippen molar-refractivity contribution in [3.63, 3.8) is 0 Å². The number of ether oxygens (including phenoxy) is 1. The lowest BCUT2D eigenvalue weighted by Crippen LogP contribution is -2.33. The molecule has 9 heteroatoms. The third-order valence-electron chi connectivity index (χ3n) is 3.63. The minimum absolute atomic E-state index is 0.194. The minimum atomic E-state index is -1.14. The van der Waals surface area contributed by atoms with E-state index in [9.17, 15) is 14.4 Å². The Morgan fingerprint density at radius 2 is 1.96 bits per heavy atom. The van der Waals surface area contributed by atoms with Crippen LogP contribution in [0.25, 0.3) is 6.08 Å². The first-order valence-electron chi connectivity index (χ1n) is 7.89. The predicted octanol–water partition coefficient (Wildman–Crippen LogP) is 3.80. The van der Waals surface area contributed by atoms with Crippen molar-refractivity contribution in [3.05, 3.63) is 68.1 Å². The standard InChI is InChI=1S/C19H12INO5S2/c20-14-7-2-1-6-13(14)18(25)26-12-5-3-4-11(8-12)9-15-17(24)21(10-16(22)23)19(27)28-15/h1-9H,10H2,(H,22,23)/b15-9+. The van der Waals surface area contributed by atoms with Crippen molar-refractivity contribution >= 4 is 74.8 Å². The zero-order chi connectivity index (χ0) is 20.3. The third kappa shape index (κ3) is 4.78. The molecule has 1 fully saturated rings. The molecule has 0 spiro atoms. The number of carboxylic acids is 1. The lowest BCUT2D eigenvalue weighted by Gasteiger charge is -2.10. The summed E-state index contributed by atoms with van der Waals surface area (Å²) in [6.07, 6.45) is 1.59. The zero-order valence-electron chi connectivity index (χ0n) is 14.1. The van der Waals surface area contributed by atoms with E-state index in [1.54, 1.807) is 42.5 Å². The van der Waals surface area contributed by atoms with Crippen molar-refractivity contribution in [2.24, 2.45) is 0 Å². The second-order valence-electron chi connectivity index (χ2n) is 5.60. The average Bonchev–Trinajstić information content (AvgIpc) is 2.89. The second kappa shape index (κ2) is 8.84. The predicted molar refractivity (Wildman–Crippen MR) is 118 cm³/mol. The van der Waals surface area contributed by atoms with Crippen molar-refractivity contribution < 1.29 is 24.2 Å². The van der Waals surface area contributed by atoms with E-state index in [-0.39, 0.29) is 4.32 Å². The lowest BCUT2D eigenvalue weighted by molar-refractivity contribution is -0.140. The number of rotatable bonds is 5. The van der Waals surface area contributed by atoms with Gasteiger partial charge in [-0.25, -0.2) is 4.79 Å². The molecule has 0 aromatic heterocycles. The highest BCUT2D eigenvalue weighted by Crippen LogP contribution is 2.32. The van der Waals surface area contributed by atoms with Crippen LogP contribution in [0.3, 0.4) is 0 Å². The van der Waals surface area contributed by atoms with Gasteiger partial charge >= 0.3 is 11.9 Å². The monoisotopic (exact) mass is 525 g/mol. The van der Waals surface area contributed by atoms with Gasteiger partial charge in [-0.1, -0.05) is 48.2 Å². The fourth-order valence-corrected chi connectivity index (χ4v) is 4.24. The van der Waals surface area contributed by atoms with Crippen LogP contribution in [0.1, 0.15) is 15.9 Å². The first-order valence-corrected chi connectivity index (χ1v) is 10.2. The summed E-state index contributed by atoms with van der Waals surface area (Å²) in [5.74, 6) is -1.74. The normalized spacial score (nSPS) is 15.2. The number of esters is 1. The molecule has 0 atom stereocenters. The number of amides is 1. The van der Waals surface area contributed by atoms with E-state index in [0.717, 1.165) is 20.2 Å². The maximum Gasteiger partial charge on any atom is 0.344 e. The summed E-state index contributed by atoms with van der Waals surface area (Å²) in [5.41, 5.74) is 1.09. The third-order valence-corrected chi connectivity index (χ3v) is 5.95. The van der Waals surface area contributed by atoms with E-state index in [0.29, 0.717) is 21.8 Å². The molecule has 1 saturated heterocycles. The molecule has 6 nitrogen and oxygen atoms in total. The summed E-state index contributed by atoms with van der Waals surface area (Å²) >= 11 is 8.17. The number of thioether (sulfide) groups is 1. The highest BCUT2D eigenvalue weighted by atomic mass is 127. The summed E-state index contributed by atoms with van der Waals surface area (Å²) in [6.45, 7) is -0.477. The first kappa shape index (κ1) is 20.5. The van der Waals surface area contributed by atoms with Crippen LogP contribution in [0, 0.1) is 3.57 Å². The summed E-state index contributed by atoms with van der Waals surface area (Å²) in [4.78, 5) is 36.9. The number of carbonyl (C=O) groups is 3. The number of benzene rings is 2. The van der Waals surface area contributed by atoms with Gasteiger partial charge in [0.25, 0.3) is 5.91 Å². The van der Waals surface area contributed by atoms with Gasteiger partial charge < -0.3 is 9.84 Å². The number of halogens is 1. The second-order valence-corrected chi connectivity index (χ2v) is 8.44. The Labute approximate surface area is 183 Å². The van der Waals surface area contributed by atoms with E-state index < -0.39 is 24.4 Å². The van der Waals surface area contributed by atoms with Crippen LogP contribution in [-0.2, 0) is 9.59 Å². The maximum absolute atomic E-state index is 12.4. The largest absolute Gasteiger partial charge is 0.480 e. The highest BCUT2D eigenvalue weighted by Gasteiger charge is 2.33. The topological polar surface area (TPSA) is 83.9 Å². The molecular weight excluding hydrogens is 513 g/mol. The smallest absolute Gasteiger partial charge is 0.344 e. The molecule has 142 valence electrons. The van der Waals surface area contributed by atoms with Gasteiger partial charge in [-0.3, -0.25) is 14.5 Å². The summed E-state index contributed by atoms with van der Waals surface area (Å²) in [7, 11) is 0. The van der Waals surface area contributed by atoms with Crippen molar-refractivity contribution in [1.29, 1.82) is 0 Å². The maximum atomic E-state index is 12.4. The van der Waals surface area contributed by atoms with Crippen LogP contribution in [0.15, 0.2) is 53.4 Å². The van der Waals surface area contributed by atoms with E-state index in [2.05, 4.69) is 22.6 Å². The Bertz CT molecular complexity index is 1020. The molecule has 0 radical (unpaired) electrons. The Hall–Kier alpha value is -2.24. The molecule has 0 unspecified atom stereocenters. The number of carbonyl (C=O) groups excluding carboxylic acids is 2. The summed E-state index contributed by atoms with van der Waals surface area (Å²) in [5, 5.41) is 8.89. The molecule has 2 aromatic carbocycles. The Kier molecular flexibility index (Phi) is 6.47.